The van der Waals surface area contributed by atoms with E-state index in [1.807, 2.05) is 60.7 Å². The van der Waals surface area contributed by atoms with Crippen LogP contribution in [0.25, 0.3) is 10.8 Å². The normalized spacial score (nSPS) is 11.3. The van der Waals surface area contributed by atoms with Crippen molar-refractivity contribution in [2.24, 2.45) is 5.10 Å². The molecule has 1 aromatic heterocycles. The number of hydrogen-bond donors (Lipinski definition) is 2. The first-order valence-corrected chi connectivity index (χ1v) is 8.72. The molecule has 0 bridgehead atoms. The maximum atomic E-state index is 10.3. The standard InChI is InChI=1S/C20H16N4O2S/c25-18-11-10-14-6-4-5-9-16(14)17(18)12-21-24-19(22-23-20(24)27)13-26-15-7-2-1-3-8-15/h1-12,25H,13H2,(H,23,27)/b21-12-. The maximum absolute atomic E-state index is 10.3. The summed E-state index contributed by atoms with van der Waals surface area (Å²) in [6, 6.07) is 20.7. The molecule has 7 heteroatoms. The molecule has 0 saturated carbocycles. The largest absolute Gasteiger partial charge is 0.507 e. The minimum Gasteiger partial charge on any atom is -0.507 e. The molecule has 6 nitrogen and oxygen atoms in total. The monoisotopic (exact) mass is 376 g/mol. The zero-order chi connectivity index (χ0) is 18.6. The first kappa shape index (κ1) is 17.0. The van der Waals surface area contributed by atoms with Gasteiger partial charge in [0.05, 0.1) is 6.21 Å². The van der Waals surface area contributed by atoms with Gasteiger partial charge >= 0.3 is 0 Å². The van der Waals surface area contributed by atoms with Gasteiger partial charge in [0.25, 0.3) is 0 Å². The van der Waals surface area contributed by atoms with Gasteiger partial charge in [0.1, 0.15) is 18.1 Å². The summed E-state index contributed by atoms with van der Waals surface area (Å²) in [5, 5.41) is 23.5. The minimum atomic E-state index is 0.148. The molecule has 0 atom stereocenters. The van der Waals surface area contributed by atoms with Crippen LogP contribution >= 0.6 is 12.2 Å². The van der Waals surface area contributed by atoms with Crippen LogP contribution in [-0.4, -0.2) is 26.2 Å². The number of nitrogens with zero attached hydrogens (tertiary/aromatic N) is 3. The fourth-order valence-corrected chi connectivity index (χ4v) is 2.93. The van der Waals surface area contributed by atoms with E-state index in [1.165, 1.54) is 4.68 Å². The lowest BCUT2D eigenvalue weighted by Crippen LogP contribution is -2.04. The lowest BCUT2D eigenvalue weighted by atomic mass is 10.0. The van der Waals surface area contributed by atoms with E-state index in [2.05, 4.69) is 15.3 Å². The molecule has 0 radical (unpaired) electrons. The zero-order valence-corrected chi connectivity index (χ0v) is 15.1. The van der Waals surface area contributed by atoms with Gasteiger partial charge in [-0.3, -0.25) is 0 Å². The van der Waals surface area contributed by atoms with Crippen molar-refractivity contribution in [2.75, 3.05) is 0 Å². The van der Waals surface area contributed by atoms with Crippen LogP contribution in [0, 0.1) is 4.77 Å². The van der Waals surface area contributed by atoms with Crippen molar-refractivity contribution in [1.29, 1.82) is 0 Å². The molecule has 0 aliphatic rings. The lowest BCUT2D eigenvalue weighted by molar-refractivity contribution is 0.290. The van der Waals surface area contributed by atoms with Crippen LogP contribution in [0.2, 0.25) is 0 Å². The average Bonchev–Trinajstić information content (AvgIpc) is 3.06. The van der Waals surface area contributed by atoms with E-state index in [0.717, 1.165) is 16.5 Å². The van der Waals surface area contributed by atoms with Crippen molar-refractivity contribution in [3.8, 4) is 11.5 Å². The number of hydrogen-bond acceptors (Lipinski definition) is 5. The molecule has 2 N–H and O–H groups in total. The molecule has 3 aromatic carbocycles. The Bertz CT molecular complexity index is 1170. The molecule has 0 fully saturated rings. The van der Waals surface area contributed by atoms with Crippen molar-refractivity contribution in [3.05, 3.63) is 82.9 Å². The molecule has 0 amide bonds. The number of nitrogens with one attached hydrogen (secondary N) is 1. The average molecular weight is 376 g/mol. The van der Waals surface area contributed by atoms with E-state index >= 15 is 0 Å². The first-order valence-electron chi connectivity index (χ1n) is 8.31. The highest BCUT2D eigenvalue weighted by atomic mass is 32.1. The van der Waals surface area contributed by atoms with Gasteiger partial charge < -0.3 is 9.84 Å². The van der Waals surface area contributed by atoms with Crippen molar-refractivity contribution in [1.82, 2.24) is 14.9 Å². The van der Waals surface area contributed by atoms with Crippen LogP contribution in [0.15, 0.2) is 71.8 Å². The third-order valence-electron chi connectivity index (χ3n) is 4.08. The molecule has 134 valence electrons. The molecule has 0 aliphatic carbocycles. The highest BCUT2D eigenvalue weighted by molar-refractivity contribution is 7.71. The minimum absolute atomic E-state index is 0.148. The molecule has 4 rings (SSSR count). The number of benzene rings is 3. The number of para-hydroxylation sites is 1. The second-order valence-corrected chi connectivity index (χ2v) is 6.21. The summed E-state index contributed by atoms with van der Waals surface area (Å²) in [5.74, 6) is 1.41. The molecule has 0 saturated heterocycles. The van der Waals surface area contributed by atoms with E-state index in [-0.39, 0.29) is 12.4 Å². The van der Waals surface area contributed by atoms with E-state index in [1.54, 1.807) is 12.3 Å². The topological polar surface area (TPSA) is 75.4 Å². The van der Waals surface area contributed by atoms with Gasteiger partial charge in [-0.05, 0) is 41.2 Å². The molecule has 0 spiro atoms. The fourth-order valence-electron chi connectivity index (χ4n) is 2.74. The van der Waals surface area contributed by atoms with Gasteiger partial charge in [-0.2, -0.15) is 14.9 Å². The first-order chi connectivity index (χ1) is 13.2. The van der Waals surface area contributed by atoms with Gasteiger partial charge in [0, 0.05) is 5.56 Å². The number of aromatic hydroxyl groups is 1. The van der Waals surface area contributed by atoms with Crippen molar-refractivity contribution in [3.63, 3.8) is 0 Å². The van der Waals surface area contributed by atoms with Crippen molar-refractivity contribution < 1.29 is 9.84 Å². The van der Waals surface area contributed by atoms with E-state index < -0.39 is 0 Å². The molecule has 0 unspecified atom stereocenters. The van der Waals surface area contributed by atoms with E-state index in [4.69, 9.17) is 17.0 Å². The number of aromatic amines is 1. The second-order valence-electron chi connectivity index (χ2n) is 5.82. The molecule has 1 heterocycles. The predicted octanol–water partition coefficient (Wildman–Crippen LogP) is 4.26. The zero-order valence-electron chi connectivity index (χ0n) is 14.2. The Hall–Kier alpha value is -3.45. The van der Waals surface area contributed by atoms with Gasteiger partial charge in [-0.1, -0.05) is 48.5 Å². The van der Waals surface area contributed by atoms with Crippen LogP contribution in [0.1, 0.15) is 11.4 Å². The summed E-state index contributed by atoms with van der Waals surface area (Å²) >= 11 is 5.26. The molecule has 27 heavy (non-hydrogen) atoms. The Kier molecular flexibility index (Phi) is 4.67. The number of aromatic nitrogens is 3. The second kappa shape index (κ2) is 7.43. The van der Waals surface area contributed by atoms with Gasteiger partial charge in [0.2, 0.25) is 4.77 Å². The van der Waals surface area contributed by atoms with E-state index in [9.17, 15) is 5.11 Å². The van der Waals surface area contributed by atoms with Crippen molar-refractivity contribution >= 4 is 29.2 Å². The molecular formula is C20H16N4O2S. The Balaban J connectivity index is 1.65. The Morgan fingerprint density at radius 3 is 2.70 bits per heavy atom. The Morgan fingerprint density at radius 2 is 1.85 bits per heavy atom. The number of ether oxygens (including phenoxy) is 1. The predicted molar refractivity (Wildman–Crippen MR) is 107 cm³/mol. The van der Waals surface area contributed by atoms with Gasteiger partial charge in [-0.25, -0.2) is 5.10 Å². The lowest BCUT2D eigenvalue weighted by Gasteiger charge is -2.06. The maximum Gasteiger partial charge on any atom is 0.216 e. The molecule has 4 aromatic rings. The summed E-state index contributed by atoms with van der Waals surface area (Å²) in [6.07, 6.45) is 1.58. The summed E-state index contributed by atoms with van der Waals surface area (Å²) < 4.78 is 7.55. The van der Waals surface area contributed by atoms with Crippen LogP contribution in [0.5, 0.6) is 11.5 Å². The van der Waals surface area contributed by atoms with E-state index in [0.29, 0.717) is 16.2 Å². The number of phenols is 1. The molecule has 0 aliphatic heterocycles. The van der Waals surface area contributed by atoms with Crippen LogP contribution in [0.4, 0.5) is 0 Å². The van der Waals surface area contributed by atoms with Crippen molar-refractivity contribution in [2.45, 2.75) is 6.61 Å². The van der Waals surface area contributed by atoms with Crippen LogP contribution < -0.4 is 4.74 Å². The summed E-state index contributed by atoms with van der Waals surface area (Å²) in [5.41, 5.74) is 0.617. The quantitative estimate of drug-likeness (QED) is 0.403. The Morgan fingerprint density at radius 1 is 1.07 bits per heavy atom. The number of H-pyrrole nitrogens is 1. The summed E-state index contributed by atoms with van der Waals surface area (Å²) in [6.45, 7) is 0.204. The fraction of sp³-hybridized carbons (Fsp3) is 0.0500. The SMILES string of the molecule is Oc1ccc2ccccc2c1/C=N\n1c(COc2ccccc2)n[nH]c1=S. The van der Waals surface area contributed by atoms with Gasteiger partial charge in [0.15, 0.2) is 5.82 Å². The van der Waals surface area contributed by atoms with Gasteiger partial charge in [-0.15, -0.1) is 0 Å². The highest BCUT2D eigenvalue weighted by Crippen LogP contribution is 2.25. The smallest absolute Gasteiger partial charge is 0.216 e. The summed E-state index contributed by atoms with van der Waals surface area (Å²) in [7, 11) is 0. The molecular weight excluding hydrogens is 360 g/mol. The third kappa shape index (κ3) is 3.58. The van der Waals surface area contributed by atoms with Crippen LogP contribution in [0.3, 0.4) is 0 Å². The Labute approximate surface area is 160 Å². The summed E-state index contributed by atoms with van der Waals surface area (Å²) in [4.78, 5) is 0. The number of phenolic OH excluding ortho intramolecular Hbond substituents is 1. The highest BCUT2D eigenvalue weighted by Gasteiger charge is 2.08. The third-order valence-corrected chi connectivity index (χ3v) is 4.34. The number of rotatable bonds is 5. The van der Waals surface area contributed by atoms with Crippen LogP contribution in [-0.2, 0) is 6.61 Å². The number of fused-ring (bicyclic) bond motifs is 1.